The van der Waals surface area contributed by atoms with Crippen LogP contribution in [-0.4, -0.2) is 38.6 Å². The Morgan fingerprint density at radius 2 is 1.74 bits per heavy atom. The van der Waals surface area contributed by atoms with E-state index in [9.17, 15) is 22.0 Å². The molecular weight excluding hydrogens is 394 g/mol. The molecule has 0 bridgehead atoms. The summed E-state index contributed by atoms with van der Waals surface area (Å²) in [5.74, 6) is -2.29. The molecule has 0 unspecified atom stereocenters. The third-order valence-corrected chi connectivity index (χ3v) is 6.45. The van der Waals surface area contributed by atoms with Gasteiger partial charge >= 0.3 is 0 Å². The van der Waals surface area contributed by atoms with Gasteiger partial charge in [0.15, 0.2) is 0 Å². The van der Waals surface area contributed by atoms with Gasteiger partial charge in [-0.2, -0.15) is 0 Å². The normalized spacial score (nSPS) is 14.4. The van der Waals surface area contributed by atoms with Crippen molar-refractivity contribution < 1.29 is 22.0 Å². The Labute approximate surface area is 160 Å². The minimum atomic E-state index is -4.27. The van der Waals surface area contributed by atoms with Crippen molar-refractivity contribution in [1.82, 2.24) is 4.90 Å². The van der Waals surface area contributed by atoms with E-state index in [1.54, 1.807) is 11.2 Å². The molecule has 1 aliphatic rings. The monoisotopic (exact) mass is 412 g/mol. The van der Waals surface area contributed by atoms with Crippen molar-refractivity contribution in [2.45, 2.75) is 22.6 Å². The predicted molar refractivity (Wildman–Crippen MR) is 101 cm³/mol. The maximum atomic E-state index is 13.8. The first-order valence-electron chi connectivity index (χ1n) is 8.27. The van der Waals surface area contributed by atoms with E-state index >= 15 is 0 Å². The third-order valence-electron chi connectivity index (χ3n) is 4.30. The fourth-order valence-electron chi connectivity index (χ4n) is 2.90. The minimum Gasteiger partial charge on any atom is -0.339 e. The van der Waals surface area contributed by atoms with Crippen LogP contribution in [0.25, 0.3) is 0 Å². The van der Waals surface area contributed by atoms with Crippen molar-refractivity contribution in [3.05, 3.63) is 53.6 Å². The van der Waals surface area contributed by atoms with Crippen LogP contribution in [0, 0.1) is 11.6 Å². The maximum absolute atomic E-state index is 13.8. The van der Waals surface area contributed by atoms with E-state index in [4.69, 9.17) is 0 Å². The molecule has 1 N–H and O–H groups in total. The number of carbonyl (C=O) groups excluding carboxylic acids is 1. The number of likely N-dealkylation sites (tertiary alicyclic amines) is 1. The summed E-state index contributed by atoms with van der Waals surface area (Å²) < 4.78 is 54.8. The second-order valence-corrected chi connectivity index (χ2v) is 8.59. The van der Waals surface area contributed by atoms with Gasteiger partial charge in [0.05, 0.1) is 10.5 Å². The number of halogens is 2. The van der Waals surface area contributed by atoms with Crippen molar-refractivity contribution in [2.75, 3.05) is 24.1 Å². The molecule has 144 valence electrons. The van der Waals surface area contributed by atoms with Gasteiger partial charge in [-0.15, -0.1) is 11.8 Å². The standard InChI is InChI=1S/C18H18F2N2O3S2/c1-26-16-8-7-12(11-13(16)18(23)22-9-2-3-10-22)27(24,25)21-17-14(19)5-4-6-15(17)20/h4-8,11,21H,2-3,9-10H2,1H3. The van der Waals surface area contributed by atoms with Crippen LogP contribution in [0.1, 0.15) is 23.2 Å². The number of nitrogens with zero attached hydrogens (tertiary/aromatic N) is 1. The van der Waals surface area contributed by atoms with Crippen molar-refractivity contribution in [3.63, 3.8) is 0 Å². The lowest BCUT2D eigenvalue weighted by Gasteiger charge is -2.18. The Bertz CT molecular complexity index is 954. The summed E-state index contributed by atoms with van der Waals surface area (Å²) in [6.07, 6.45) is 3.61. The number of anilines is 1. The Morgan fingerprint density at radius 1 is 1.11 bits per heavy atom. The molecule has 1 aliphatic heterocycles. The van der Waals surface area contributed by atoms with Crippen LogP contribution < -0.4 is 4.72 Å². The van der Waals surface area contributed by atoms with Crippen LogP contribution in [0.4, 0.5) is 14.5 Å². The fraction of sp³-hybridized carbons (Fsp3) is 0.278. The lowest BCUT2D eigenvalue weighted by atomic mass is 10.2. The SMILES string of the molecule is CSc1ccc(S(=O)(=O)Nc2c(F)cccc2F)cc1C(=O)N1CCCC1. The maximum Gasteiger partial charge on any atom is 0.262 e. The number of hydrogen-bond donors (Lipinski definition) is 1. The molecule has 2 aromatic rings. The molecule has 0 radical (unpaired) electrons. The highest BCUT2D eigenvalue weighted by Gasteiger charge is 2.25. The van der Waals surface area contributed by atoms with Crippen LogP contribution in [-0.2, 0) is 10.0 Å². The van der Waals surface area contributed by atoms with Crippen LogP contribution in [0.5, 0.6) is 0 Å². The molecule has 0 atom stereocenters. The number of carbonyl (C=O) groups is 1. The van der Waals surface area contributed by atoms with Gasteiger partial charge in [0.1, 0.15) is 17.3 Å². The zero-order valence-corrected chi connectivity index (χ0v) is 16.2. The van der Waals surface area contributed by atoms with Crippen molar-refractivity contribution >= 4 is 33.4 Å². The smallest absolute Gasteiger partial charge is 0.262 e. The number of amides is 1. The van der Waals surface area contributed by atoms with E-state index in [0.717, 1.165) is 31.0 Å². The molecule has 0 saturated carbocycles. The van der Waals surface area contributed by atoms with Gasteiger partial charge in [-0.05, 0) is 49.4 Å². The van der Waals surface area contributed by atoms with E-state index < -0.39 is 27.3 Å². The van der Waals surface area contributed by atoms with Gasteiger partial charge in [0.25, 0.3) is 15.9 Å². The fourth-order valence-corrected chi connectivity index (χ4v) is 4.57. The number of para-hydroxylation sites is 1. The van der Waals surface area contributed by atoms with Gasteiger partial charge in [-0.25, -0.2) is 17.2 Å². The molecule has 2 aromatic carbocycles. The van der Waals surface area contributed by atoms with Gasteiger partial charge in [-0.1, -0.05) is 6.07 Å². The molecule has 1 amide bonds. The number of rotatable bonds is 5. The lowest BCUT2D eigenvalue weighted by Crippen LogP contribution is -2.28. The third kappa shape index (κ3) is 4.08. The Kier molecular flexibility index (Phi) is 5.71. The quantitative estimate of drug-likeness (QED) is 0.760. The summed E-state index contributed by atoms with van der Waals surface area (Å²) in [4.78, 5) is 14.8. The number of benzene rings is 2. The number of sulfonamides is 1. The Morgan fingerprint density at radius 3 is 2.33 bits per heavy atom. The van der Waals surface area contributed by atoms with E-state index in [0.29, 0.717) is 18.0 Å². The van der Waals surface area contributed by atoms with E-state index in [1.165, 1.54) is 30.0 Å². The van der Waals surface area contributed by atoms with Gasteiger partial charge in [-0.3, -0.25) is 9.52 Å². The Hall–Kier alpha value is -2.13. The second kappa shape index (κ2) is 7.85. The minimum absolute atomic E-state index is 0.231. The molecule has 1 heterocycles. The van der Waals surface area contributed by atoms with Gasteiger partial charge in [0, 0.05) is 18.0 Å². The van der Waals surface area contributed by atoms with E-state index in [2.05, 4.69) is 0 Å². The molecule has 9 heteroatoms. The van der Waals surface area contributed by atoms with Crippen LogP contribution in [0.3, 0.4) is 0 Å². The summed E-state index contributed by atoms with van der Waals surface area (Å²) in [7, 11) is -4.27. The number of hydrogen-bond acceptors (Lipinski definition) is 4. The first kappa shape index (κ1) is 19.6. The first-order chi connectivity index (χ1) is 12.8. The summed E-state index contributed by atoms with van der Waals surface area (Å²) in [5, 5.41) is 0. The molecule has 0 aromatic heterocycles. The molecule has 5 nitrogen and oxygen atoms in total. The predicted octanol–water partition coefficient (Wildman–Crippen LogP) is 3.72. The zero-order valence-electron chi connectivity index (χ0n) is 14.5. The molecule has 1 saturated heterocycles. The van der Waals surface area contributed by atoms with Crippen LogP contribution in [0.2, 0.25) is 0 Å². The number of nitrogens with one attached hydrogen (secondary N) is 1. The Balaban J connectivity index is 1.98. The summed E-state index contributed by atoms with van der Waals surface area (Å²) >= 11 is 1.33. The zero-order chi connectivity index (χ0) is 19.6. The molecule has 1 fully saturated rings. The highest BCUT2D eigenvalue weighted by Crippen LogP contribution is 2.28. The van der Waals surface area contributed by atoms with Crippen molar-refractivity contribution in [3.8, 4) is 0 Å². The molecule has 3 rings (SSSR count). The summed E-state index contributed by atoms with van der Waals surface area (Å²) in [5.41, 5.74) is -0.486. The highest BCUT2D eigenvalue weighted by molar-refractivity contribution is 7.98. The highest BCUT2D eigenvalue weighted by atomic mass is 32.2. The van der Waals surface area contributed by atoms with Crippen molar-refractivity contribution in [2.24, 2.45) is 0 Å². The average Bonchev–Trinajstić information content (AvgIpc) is 3.18. The van der Waals surface area contributed by atoms with Gasteiger partial charge < -0.3 is 4.90 Å². The topological polar surface area (TPSA) is 66.5 Å². The van der Waals surface area contributed by atoms with Gasteiger partial charge in [0.2, 0.25) is 0 Å². The first-order valence-corrected chi connectivity index (χ1v) is 11.0. The largest absolute Gasteiger partial charge is 0.339 e. The average molecular weight is 412 g/mol. The lowest BCUT2D eigenvalue weighted by molar-refractivity contribution is 0.0789. The summed E-state index contributed by atoms with van der Waals surface area (Å²) in [6, 6.07) is 7.16. The van der Waals surface area contributed by atoms with Crippen LogP contribution in [0.15, 0.2) is 46.2 Å². The van der Waals surface area contributed by atoms with E-state index in [-0.39, 0.29) is 16.4 Å². The molecule has 0 aliphatic carbocycles. The molecule has 27 heavy (non-hydrogen) atoms. The second-order valence-electron chi connectivity index (χ2n) is 6.06. The van der Waals surface area contributed by atoms with Crippen LogP contribution >= 0.6 is 11.8 Å². The van der Waals surface area contributed by atoms with Crippen molar-refractivity contribution in [1.29, 1.82) is 0 Å². The van der Waals surface area contributed by atoms with E-state index in [1.807, 2.05) is 4.72 Å². The number of thioether (sulfide) groups is 1. The molecule has 0 spiro atoms. The molecular formula is C18H18F2N2O3S2. The summed E-state index contributed by atoms with van der Waals surface area (Å²) in [6.45, 7) is 1.25.